The van der Waals surface area contributed by atoms with E-state index >= 15 is 0 Å². The summed E-state index contributed by atoms with van der Waals surface area (Å²) in [5, 5.41) is 9.68. The fraction of sp³-hybridized carbons (Fsp3) is 0.192. The Balaban J connectivity index is 1.84. The van der Waals surface area contributed by atoms with Crippen molar-refractivity contribution in [3.05, 3.63) is 89.5 Å². The molecule has 0 unspecified atom stereocenters. The summed E-state index contributed by atoms with van der Waals surface area (Å²) in [5.41, 5.74) is 2.14. The third-order valence-corrected chi connectivity index (χ3v) is 4.48. The van der Waals surface area contributed by atoms with Crippen molar-refractivity contribution in [2.75, 3.05) is 13.2 Å². The summed E-state index contributed by atoms with van der Waals surface area (Å²) in [7, 11) is 0. The third kappa shape index (κ3) is 6.12. The van der Waals surface area contributed by atoms with Crippen molar-refractivity contribution in [1.82, 2.24) is 0 Å². The number of phenolic OH excluding ortho intramolecular Hbond substituents is 1. The van der Waals surface area contributed by atoms with Crippen LogP contribution in [0.25, 0.3) is 6.08 Å². The van der Waals surface area contributed by atoms with Gasteiger partial charge in [-0.15, -0.1) is 0 Å². The van der Waals surface area contributed by atoms with Crippen molar-refractivity contribution in [1.29, 1.82) is 0 Å². The predicted molar refractivity (Wildman–Crippen MR) is 121 cm³/mol. The minimum Gasteiger partial charge on any atom is -0.508 e. The molecule has 5 nitrogen and oxygen atoms in total. The van der Waals surface area contributed by atoms with Crippen LogP contribution in [0.3, 0.4) is 0 Å². The highest BCUT2D eigenvalue weighted by Crippen LogP contribution is 2.28. The van der Waals surface area contributed by atoms with Gasteiger partial charge in [-0.3, -0.25) is 4.79 Å². The van der Waals surface area contributed by atoms with Gasteiger partial charge in [0, 0.05) is 17.7 Å². The molecule has 0 saturated heterocycles. The Bertz CT molecular complexity index is 1040. The lowest BCUT2D eigenvalue weighted by molar-refractivity contribution is 0.104. The molecule has 3 aromatic rings. The molecule has 0 heterocycles. The Morgan fingerprint density at radius 1 is 0.871 bits per heavy atom. The molecule has 5 heteroatoms. The van der Waals surface area contributed by atoms with E-state index in [1.165, 1.54) is 12.1 Å². The molecule has 0 radical (unpaired) electrons. The molecule has 1 N–H and O–H groups in total. The van der Waals surface area contributed by atoms with Gasteiger partial charge in [0.05, 0.1) is 18.8 Å². The van der Waals surface area contributed by atoms with Crippen LogP contribution in [0.5, 0.6) is 23.0 Å². The SMILES string of the molecule is CCOc1ccc(C(=O)C=Cc2ccc(O)cc2OCC)c(OCc2ccccc2)c1. The van der Waals surface area contributed by atoms with Crippen molar-refractivity contribution in [2.24, 2.45) is 0 Å². The Kier molecular flexibility index (Phi) is 7.71. The zero-order valence-electron chi connectivity index (χ0n) is 17.7. The molecule has 3 rings (SSSR count). The van der Waals surface area contributed by atoms with E-state index in [0.717, 1.165) is 5.56 Å². The molecule has 0 fully saturated rings. The van der Waals surface area contributed by atoms with Crippen molar-refractivity contribution in [3.63, 3.8) is 0 Å². The van der Waals surface area contributed by atoms with E-state index in [1.54, 1.807) is 36.4 Å². The quantitative estimate of drug-likeness (QED) is 0.340. The lowest BCUT2D eigenvalue weighted by Gasteiger charge is -2.12. The summed E-state index contributed by atoms with van der Waals surface area (Å²) in [6, 6.07) is 19.7. The van der Waals surface area contributed by atoms with Crippen LogP contribution in [-0.2, 0) is 6.61 Å². The van der Waals surface area contributed by atoms with Crippen LogP contribution in [0, 0.1) is 0 Å². The molecule has 31 heavy (non-hydrogen) atoms. The molecule has 0 spiro atoms. The van der Waals surface area contributed by atoms with E-state index in [9.17, 15) is 9.90 Å². The number of carbonyl (C=O) groups is 1. The second-order valence-electron chi connectivity index (χ2n) is 6.72. The van der Waals surface area contributed by atoms with Crippen LogP contribution in [0.15, 0.2) is 72.8 Å². The number of phenols is 1. The normalized spacial score (nSPS) is 10.8. The van der Waals surface area contributed by atoms with Gasteiger partial charge in [-0.25, -0.2) is 0 Å². The average Bonchev–Trinajstić information content (AvgIpc) is 2.78. The molecule has 0 bridgehead atoms. The first-order valence-electron chi connectivity index (χ1n) is 10.2. The zero-order chi connectivity index (χ0) is 22.1. The third-order valence-electron chi connectivity index (χ3n) is 4.48. The van der Waals surface area contributed by atoms with Crippen LogP contribution < -0.4 is 14.2 Å². The number of rotatable bonds is 10. The summed E-state index contributed by atoms with van der Waals surface area (Å²) >= 11 is 0. The number of aromatic hydroxyl groups is 1. The Morgan fingerprint density at radius 3 is 2.39 bits per heavy atom. The molecule has 160 valence electrons. The molecular weight excluding hydrogens is 392 g/mol. The second-order valence-corrected chi connectivity index (χ2v) is 6.72. The van der Waals surface area contributed by atoms with E-state index in [0.29, 0.717) is 48.2 Å². The van der Waals surface area contributed by atoms with Gasteiger partial charge in [0.25, 0.3) is 0 Å². The topological polar surface area (TPSA) is 65.0 Å². The maximum absolute atomic E-state index is 13.0. The molecule has 3 aromatic carbocycles. The number of carbonyl (C=O) groups excluding carboxylic acids is 1. The van der Waals surface area contributed by atoms with E-state index in [1.807, 2.05) is 44.2 Å². The minimum atomic E-state index is -0.207. The summed E-state index contributed by atoms with van der Waals surface area (Å²) in [6.45, 7) is 5.08. The molecule has 0 aliphatic heterocycles. The fourth-order valence-corrected chi connectivity index (χ4v) is 3.01. The fourth-order valence-electron chi connectivity index (χ4n) is 3.01. The summed E-state index contributed by atoms with van der Waals surface area (Å²) < 4.78 is 17.1. The van der Waals surface area contributed by atoms with E-state index in [-0.39, 0.29) is 11.5 Å². The Hall–Kier alpha value is -3.73. The van der Waals surface area contributed by atoms with Crippen LogP contribution >= 0.6 is 0 Å². The molecular formula is C26H26O5. The average molecular weight is 418 g/mol. The standard InChI is InChI=1S/C26H26O5/c1-3-29-22-13-14-23(26(17-22)31-18-19-8-6-5-7-9-19)24(28)15-11-20-10-12-21(27)16-25(20)30-4-2/h5-17,27H,3-4,18H2,1-2H3. The summed E-state index contributed by atoms with van der Waals surface area (Å²) in [6.07, 6.45) is 3.14. The molecule has 0 aromatic heterocycles. The van der Waals surface area contributed by atoms with Crippen LogP contribution in [0.2, 0.25) is 0 Å². The smallest absolute Gasteiger partial charge is 0.189 e. The van der Waals surface area contributed by atoms with Gasteiger partial charge in [0.15, 0.2) is 5.78 Å². The zero-order valence-corrected chi connectivity index (χ0v) is 17.7. The second kappa shape index (κ2) is 10.9. The Labute approximate surface area is 182 Å². The highest BCUT2D eigenvalue weighted by Gasteiger charge is 2.13. The first-order valence-corrected chi connectivity index (χ1v) is 10.2. The summed E-state index contributed by atoms with van der Waals surface area (Å²) in [4.78, 5) is 13.0. The van der Waals surface area contributed by atoms with Gasteiger partial charge in [-0.1, -0.05) is 30.3 Å². The van der Waals surface area contributed by atoms with Crippen LogP contribution in [-0.4, -0.2) is 24.1 Å². The lowest BCUT2D eigenvalue weighted by Crippen LogP contribution is -2.03. The molecule has 0 atom stereocenters. The highest BCUT2D eigenvalue weighted by molar-refractivity contribution is 6.08. The van der Waals surface area contributed by atoms with E-state index in [2.05, 4.69) is 0 Å². The number of benzene rings is 3. The van der Waals surface area contributed by atoms with Crippen molar-refractivity contribution in [3.8, 4) is 23.0 Å². The summed E-state index contributed by atoms with van der Waals surface area (Å²) in [5.74, 6) is 1.51. The number of allylic oxidation sites excluding steroid dienone is 1. The van der Waals surface area contributed by atoms with Gasteiger partial charge in [-0.05, 0) is 55.8 Å². The van der Waals surface area contributed by atoms with Crippen molar-refractivity contribution < 1.29 is 24.1 Å². The molecule has 0 amide bonds. The largest absolute Gasteiger partial charge is 0.508 e. The van der Waals surface area contributed by atoms with E-state index < -0.39 is 0 Å². The maximum atomic E-state index is 13.0. The predicted octanol–water partition coefficient (Wildman–Crippen LogP) is 5.66. The first-order chi connectivity index (χ1) is 15.1. The van der Waals surface area contributed by atoms with Crippen molar-refractivity contribution >= 4 is 11.9 Å². The number of hydrogen-bond acceptors (Lipinski definition) is 5. The highest BCUT2D eigenvalue weighted by atomic mass is 16.5. The van der Waals surface area contributed by atoms with Gasteiger partial charge in [0.2, 0.25) is 0 Å². The molecule has 0 saturated carbocycles. The monoisotopic (exact) mass is 418 g/mol. The minimum absolute atomic E-state index is 0.107. The number of ether oxygens (including phenoxy) is 3. The molecule has 0 aliphatic rings. The number of hydrogen-bond donors (Lipinski definition) is 1. The van der Waals surface area contributed by atoms with E-state index in [4.69, 9.17) is 14.2 Å². The van der Waals surface area contributed by atoms with Gasteiger partial charge >= 0.3 is 0 Å². The first kappa shape index (κ1) is 22.0. The lowest BCUT2D eigenvalue weighted by atomic mass is 10.1. The maximum Gasteiger partial charge on any atom is 0.189 e. The van der Waals surface area contributed by atoms with Gasteiger partial charge < -0.3 is 19.3 Å². The van der Waals surface area contributed by atoms with Gasteiger partial charge in [0.1, 0.15) is 29.6 Å². The Morgan fingerprint density at radius 2 is 1.65 bits per heavy atom. The van der Waals surface area contributed by atoms with Crippen LogP contribution in [0.4, 0.5) is 0 Å². The molecule has 0 aliphatic carbocycles. The van der Waals surface area contributed by atoms with Crippen LogP contribution in [0.1, 0.15) is 35.3 Å². The van der Waals surface area contributed by atoms with Crippen molar-refractivity contribution in [2.45, 2.75) is 20.5 Å². The van der Waals surface area contributed by atoms with Gasteiger partial charge in [-0.2, -0.15) is 0 Å². The number of ketones is 1.